The van der Waals surface area contributed by atoms with E-state index in [1.54, 1.807) is 0 Å². The zero-order chi connectivity index (χ0) is 9.26. The molecule has 66 valence electrons. The van der Waals surface area contributed by atoms with Gasteiger partial charge >= 0.3 is 0 Å². The lowest BCUT2D eigenvalue weighted by atomic mass is 10.1. The summed E-state index contributed by atoms with van der Waals surface area (Å²) in [6, 6.07) is 8.26. The van der Waals surface area contributed by atoms with Gasteiger partial charge in [0.2, 0.25) is 0 Å². The van der Waals surface area contributed by atoms with Crippen LogP contribution in [-0.4, -0.2) is 12.0 Å². The molecule has 0 aliphatic rings. The number of hydrogen-bond acceptors (Lipinski definition) is 2. The summed E-state index contributed by atoms with van der Waals surface area (Å²) >= 11 is 0. The molecule has 0 radical (unpaired) electrons. The maximum absolute atomic E-state index is 4.29. The summed E-state index contributed by atoms with van der Waals surface area (Å²) < 4.78 is 0. The fraction of sp³-hybridized carbons (Fsp3) is 0.182. The summed E-state index contributed by atoms with van der Waals surface area (Å²) in [5.74, 6) is 0. The van der Waals surface area contributed by atoms with Gasteiger partial charge in [-0.1, -0.05) is 11.6 Å². The van der Waals surface area contributed by atoms with Crippen LogP contribution in [0.1, 0.15) is 5.56 Å². The molecule has 2 aromatic rings. The minimum Gasteiger partial charge on any atom is -0.388 e. The van der Waals surface area contributed by atoms with Gasteiger partial charge in [0.15, 0.2) is 0 Å². The first-order valence-corrected chi connectivity index (χ1v) is 4.34. The minimum atomic E-state index is 1.04. The number of pyridine rings is 1. The third kappa shape index (κ3) is 1.35. The summed E-state index contributed by atoms with van der Waals surface area (Å²) in [6.07, 6.45) is 1.82. The quantitative estimate of drug-likeness (QED) is 0.715. The molecular formula is C11H12N2. The molecular weight excluding hydrogens is 160 g/mol. The first-order chi connectivity index (χ1) is 6.31. The molecule has 0 unspecified atom stereocenters. The molecule has 2 heteroatoms. The number of nitrogens with one attached hydrogen (secondary N) is 1. The average Bonchev–Trinajstić information content (AvgIpc) is 2.17. The number of aromatic nitrogens is 1. The van der Waals surface area contributed by atoms with Crippen molar-refractivity contribution in [2.24, 2.45) is 0 Å². The van der Waals surface area contributed by atoms with E-state index in [2.05, 4.69) is 29.4 Å². The molecule has 1 aromatic heterocycles. The average molecular weight is 172 g/mol. The van der Waals surface area contributed by atoms with Crippen LogP contribution in [-0.2, 0) is 0 Å². The summed E-state index contributed by atoms with van der Waals surface area (Å²) in [5.41, 5.74) is 3.43. The first kappa shape index (κ1) is 8.05. The number of nitrogens with zero attached hydrogens (tertiary/aromatic N) is 1. The second kappa shape index (κ2) is 3.05. The minimum absolute atomic E-state index is 1.04. The van der Waals surface area contributed by atoms with E-state index in [-0.39, 0.29) is 0 Å². The van der Waals surface area contributed by atoms with Gasteiger partial charge in [-0.15, -0.1) is 0 Å². The Morgan fingerprint density at radius 3 is 2.85 bits per heavy atom. The zero-order valence-electron chi connectivity index (χ0n) is 7.83. The Morgan fingerprint density at radius 1 is 1.23 bits per heavy atom. The molecule has 0 amide bonds. The number of rotatable bonds is 1. The molecule has 0 saturated carbocycles. The zero-order valence-corrected chi connectivity index (χ0v) is 7.83. The monoisotopic (exact) mass is 172 g/mol. The van der Waals surface area contributed by atoms with Crippen LogP contribution < -0.4 is 5.32 Å². The van der Waals surface area contributed by atoms with Crippen molar-refractivity contribution >= 4 is 16.6 Å². The van der Waals surface area contributed by atoms with Gasteiger partial charge in [0.25, 0.3) is 0 Å². The lowest BCUT2D eigenvalue weighted by Crippen LogP contribution is -1.90. The smallest absolute Gasteiger partial charge is 0.0722 e. The van der Waals surface area contributed by atoms with Gasteiger partial charge in [0.1, 0.15) is 0 Å². The summed E-state index contributed by atoms with van der Waals surface area (Å²) in [5, 5.41) is 4.34. The van der Waals surface area contributed by atoms with Crippen LogP contribution in [0.4, 0.5) is 5.69 Å². The molecule has 13 heavy (non-hydrogen) atoms. The molecule has 2 rings (SSSR count). The Morgan fingerprint density at radius 2 is 2.08 bits per heavy atom. The van der Waals surface area contributed by atoms with E-state index in [9.17, 15) is 0 Å². The SMILES string of the molecule is CNc1ccnc2ccc(C)cc12. The highest BCUT2D eigenvalue weighted by Crippen LogP contribution is 2.21. The number of aryl methyl sites for hydroxylation is 1. The molecule has 0 saturated heterocycles. The second-order valence-electron chi connectivity index (χ2n) is 3.13. The Labute approximate surface area is 77.6 Å². The van der Waals surface area contributed by atoms with Gasteiger partial charge in [-0.25, -0.2) is 0 Å². The van der Waals surface area contributed by atoms with Crippen LogP contribution in [0.3, 0.4) is 0 Å². The van der Waals surface area contributed by atoms with Crippen molar-refractivity contribution in [1.29, 1.82) is 0 Å². The molecule has 0 aliphatic heterocycles. The molecule has 0 fully saturated rings. The van der Waals surface area contributed by atoms with E-state index in [0.717, 1.165) is 11.2 Å². The maximum Gasteiger partial charge on any atom is 0.0722 e. The number of anilines is 1. The lowest BCUT2D eigenvalue weighted by Gasteiger charge is -2.05. The first-order valence-electron chi connectivity index (χ1n) is 4.34. The van der Waals surface area contributed by atoms with Crippen molar-refractivity contribution in [3.63, 3.8) is 0 Å². The lowest BCUT2D eigenvalue weighted by molar-refractivity contribution is 1.38. The van der Waals surface area contributed by atoms with Crippen molar-refractivity contribution < 1.29 is 0 Å². The predicted molar refractivity (Wildman–Crippen MR) is 56.0 cm³/mol. The van der Waals surface area contributed by atoms with Gasteiger partial charge in [0.05, 0.1) is 5.52 Å². The van der Waals surface area contributed by atoms with Crippen LogP contribution in [0.15, 0.2) is 30.5 Å². The van der Waals surface area contributed by atoms with Crippen LogP contribution in [0, 0.1) is 6.92 Å². The van der Waals surface area contributed by atoms with E-state index < -0.39 is 0 Å². The fourth-order valence-electron chi connectivity index (χ4n) is 1.48. The van der Waals surface area contributed by atoms with Crippen LogP contribution in [0.2, 0.25) is 0 Å². The topological polar surface area (TPSA) is 24.9 Å². The van der Waals surface area contributed by atoms with Crippen molar-refractivity contribution in [3.05, 3.63) is 36.0 Å². The molecule has 0 atom stereocenters. The van der Waals surface area contributed by atoms with Gasteiger partial charge < -0.3 is 5.32 Å². The molecule has 0 aliphatic carbocycles. The third-order valence-electron chi connectivity index (χ3n) is 2.17. The van der Waals surface area contributed by atoms with Gasteiger partial charge in [-0.3, -0.25) is 4.98 Å². The number of hydrogen-bond donors (Lipinski definition) is 1. The highest BCUT2D eigenvalue weighted by Gasteiger charge is 1.98. The summed E-state index contributed by atoms with van der Waals surface area (Å²) in [6.45, 7) is 2.09. The molecule has 1 aromatic carbocycles. The highest BCUT2D eigenvalue weighted by molar-refractivity contribution is 5.91. The van der Waals surface area contributed by atoms with Crippen molar-refractivity contribution in [1.82, 2.24) is 4.98 Å². The van der Waals surface area contributed by atoms with E-state index in [0.29, 0.717) is 0 Å². The van der Waals surface area contributed by atoms with E-state index in [4.69, 9.17) is 0 Å². The Hall–Kier alpha value is -1.57. The summed E-state index contributed by atoms with van der Waals surface area (Å²) in [7, 11) is 1.93. The standard InChI is InChI=1S/C11H12N2/c1-8-3-4-11-9(7-8)10(12-2)5-6-13-11/h3-7H,1-2H3,(H,12,13). The van der Waals surface area contributed by atoms with E-state index in [1.165, 1.54) is 10.9 Å². The number of benzene rings is 1. The molecule has 1 N–H and O–H groups in total. The molecule has 0 spiro atoms. The molecule has 2 nitrogen and oxygen atoms in total. The molecule has 1 heterocycles. The van der Waals surface area contributed by atoms with Gasteiger partial charge in [0, 0.05) is 24.3 Å². The van der Waals surface area contributed by atoms with Crippen LogP contribution >= 0.6 is 0 Å². The maximum atomic E-state index is 4.29. The number of fused-ring (bicyclic) bond motifs is 1. The Bertz CT molecular complexity index is 435. The fourth-order valence-corrected chi connectivity index (χ4v) is 1.48. The van der Waals surface area contributed by atoms with Crippen LogP contribution in [0.25, 0.3) is 10.9 Å². The largest absolute Gasteiger partial charge is 0.388 e. The van der Waals surface area contributed by atoms with E-state index in [1.807, 2.05) is 25.4 Å². The molecule has 0 bridgehead atoms. The van der Waals surface area contributed by atoms with Crippen molar-refractivity contribution in [2.75, 3.05) is 12.4 Å². The Kier molecular flexibility index (Phi) is 1.89. The summed E-state index contributed by atoms with van der Waals surface area (Å²) in [4.78, 5) is 4.29. The highest BCUT2D eigenvalue weighted by atomic mass is 14.8. The Balaban J connectivity index is 2.79. The van der Waals surface area contributed by atoms with Gasteiger partial charge in [-0.05, 0) is 25.1 Å². The normalized spacial score (nSPS) is 10.3. The van der Waals surface area contributed by atoms with Crippen molar-refractivity contribution in [3.8, 4) is 0 Å². The third-order valence-corrected chi connectivity index (χ3v) is 2.17. The van der Waals surface area contributed by atoms with Crippen LogP contribution in [0.5, 0.6) is 0 Å². The van der Waals surface area contributed by atoms with E-state index >= 15 is 0 Å². The second-order valence-corrected chi connectivity index (χ2v) is 3.13. The van der Waals surface area contributed by atoms with Crippen molar-refractivity contribution in [2.45, 2.75) is 6.92 Å². The predicted octanol–water partition coefficient (Wildman–Crippen LogP) is 2.58. The van der Waals surface area contributed by atoms with Gasteiger partial charge in [-0.2, -0.15) is 0 Å².